The zero-order valence-corrected chi connectivity index (χ0v) is 24.2. The summed E-state index contributed by atoms with van der Waals surface area (Å²) >= 11 is 0. The van der Waals surface area contributed by atoms with E-state index in [9.17, 15) is 14.4 Å². The molecule has 0 spiro atoms. The summed E-state index contributed by atoms with van der Waals surface area (Å²) in [5, 5.41) is 14.0. The number of benzene rings is 4. The number of rotatable bonds is 9. The lowest BCUT2D eigenvalue weighted by Crippen LogP contribution is -2.33. The van der Waals surface area contributed by atoms with Crippen LogP contribution in [-0.2, 0) is 9.59 Å². The van der Waals surface area contributed by atoms with E-state index < -0.39 is 17.7 Å². The average molecular weight is 587 g/mol. The van der Waals surface area contributed by atoms with Gasteiger partial charge in [0, 0.05) is 23.0 Å². The van der Waals surface area contributed by atoms with Crippen molar-refractivity contribution in [1.29, 1.82) is 0 Å². The van der Waals surface area contributed by atoms with E-state index in [0.717, 1.165) is 16.8 Å². The molecule has 3 N–H and O–H groups in total. The molecule has 0 aliphatic heterocycles. The first-order valence-electron chi connectivity index (χ1n) is 13.9. The number of amides is 3. The van der Waals surface area contributed by atoms with E-state index in [1.807, 2.05) is 68.4 Å². The number of ether oxygens (including phenoxy) is 1. The summed E-state index contributed by atoms with van der Waals surface area (Å²) in [7, 11) is 0. The summed E-state index contributed by atoms with van der Waals surface area (Å²) < 4.78 is 7.15. The number of nitrogens with zero attached hydrogens (tertiary/aromatic N) is 3. The lowest BCUT2D eigenvalue weighted by atomic mass is 10.1. The van der Waals surface area contributed by atoms with Crippen LogP contribution in [0.2, 0.25) is 0 Å². The van der Waals surface area contributed by atoms with Crippen LogP contribution in [-0.4, -0.2) is 40.3 Å². The number of hydrogen-bond donors (Lipinski definition) is 3. The maximum absolute atomic E-state index is 13.0. The number of aromatic nitrogens is 2. The number of hydrazone groups is 1. The van der Waals surface area contributed by atoms with Crippen molar-refractivity contribution >= 4 is 35.3 Å². The van der Waals surface area contributed by atoms with Crippen molar-refractivity contribution in [2.24, 2.45) is 5.10 Å². The van der Waals surface area contributed by atoms with Gasteiger partial charge in [-0.1, -0.05) is 60.2 Å². The van der Waals surface area contributed by atoms with Gasteiger partial charge in [-0.2, -0.15) is 10.2 Å². The molecule has 0 atom stereocenters. The number of carbonyl (C=O) groups is 3. The van der Waals surface area contributed by atoms with Gasteiger partial charge in [0.05, 0.1) is 29.8 Å². The molecule has 10 heteroatoms. The second-order valence-electron chi connectivity index (χ2n) is 9.69. The lowest BCUT2D eigenvalue weighted by Gasteiger charge is -2.11. The monoisotopic (exact) mass is 586 g/mol. The summed E-state index contributed by atoms with van der Waals surface area (Å²) in [6, 6.07) is 30.8. The molecule has 3 amide bonds. The Morgan fingerprint density at radius 1 is 0.841 bits per heavy atom. The SMILES string of the molecule is CCOc1ccc(NC(=O)c2ccccc2NC(=O)C(=O)N/N=C/c2cn(-c3ccccc3)nc2-c2ccc(C)cc2)cc1. The predicted octanol–water partition coefficient (Wildman–Crippen LogP) is 5.59. The summed E-state index contributed by atoms with van der Waals surface area (Å²) in [6.45, 7) is 4.42. The highest BCUT2D eigenvalue weighted by Crippen LogP contribution is 2.23. The highest BCUT2D eigenvalue weighted by atomic mass is 16.5. The van der Waals surface area contributed by atoms with E-state index in [4.69, 9.17) is 9.84 Å². The zero-order valence-electron chi connectivity index (χ0n) is 24.2. The third-order valence-electron chi connectivity index (χ3n) is 6.51. The summed E-state index contributed by atoms with van der Waals surface area (Å²) in [6.07, 6.45) is 3.23. The van der Waals surface area contributed by atoms with Crippen molar-refractivity contribution in [3.8, 4) is 22.7 Å². The van der Waals surface area contributed by atoms with E-state index in [2.05, 4.69) is 21.2 Å². The third-order valence-corrected chi connectivity index (χ3v) is 6.51. The Hall–Kier alpha value is -6.03. The van der Waals surface area contributed by atoms with Crippen molar-refractivity contribution in [3.63, 3.8) is 0 Å². The van der Waals surface area contributed by atoms with Gasteiger partial charge in [0.15, 0.2) is 0 Å². The van der Waals surface area contributed by atoms with E-state index in [0.29, 0.717) is 29.3 Å². The van der Waals surface area contributed by atoms with E-state index >= 15 is 0 Å². The zero-order chi connectivity index (χ0) is 30.9. The van der Waals surface area contributed by atoms with Gasteiger partial charge in [-0.05, 0) is 62.4 Å². The number of para-hydroxylation sites is 2. The van der Waals surface area contributed by atoms with Crippen LogP contribution < -0.4 is 20.8 Å². The molecule has 5 rings (SSSR count). The standard InChI is InChI=1S/C34H30N6O4/c1-3-44-28-19-17-26(18-20-28)36-32(41)29-11-7-8-12-30(29)37-33(42)34(43)38-35-21-25-22-40(27-9-5-4-6-10-27)39-31(25)24-15-13-23(2)14-16-24/h4-22H,3H2,1-2H3,(H,36,41)(H,37,42)(H,38,43)/b35-21+. The molecule has 0 bridgehead atoms. The second-order valence-corrected chi connectivity index (χ2v) is 9.69. The first-order chi connectivity index (χ1) is 21.4. The minimum absolute atomic E-state index is 0.172. The maximum atomic E-state index is 13.0. The van der Waals surface area contributed by atoms with Gasteiger partial charge in [-0.3, -0.25) is 14.4 Å². The van der Waals surface area contributed by atoms with Crippen LogP contribution in [0.25, 0.3) is 16.9 Å². The smallest absolute Gasteiger partial charge is 0.329 e. The normalized spacial score (nSPS) is 10.8. The number of nitrogens with one attached hydrogen (secondary N) is 3. The number of carbonyl (C=O) groups excluding carboxylic acids is 3. The minimum atomic E-state index is -1.00. The quantitative estimate of drug-likeness (QED) is 0.118. The van der Waals surface area contributed by atoms with E-state index in [1.54, 1.807) is 53.3 Å². The van der Waals surface area contributed by atoms with Gasteiger partial charge in [0.25, 0.3) is 5.91 Å². The van der Waals surface area contributed by atoms with Crippen LogP contribution in [0, 0.1) is 6.92 Å². The molecular formula is C34H30N6O4. The number of aryl methyl sites for hydroxylation is 1. The molecule has 220 valence electrons. The van der Waals surface area contributed by atoms with Crippen LogP contribution in [0.1, 0.15) is 28.4 Å². The fourth-order valence-electron chi connectivity index (χ4n) is 4.31. The van der Waals surface area contributed by atoms with Gasteiger partial charge in [-0.15, -0.1) is 0 Å². The summed E-state index contributed by atoms with van der Waals surface area (Å²) in [5.41, 5.74) is 7.29. The molecule has 0 unspecified atom stereocenters. The van der Waals surface area contributed by atoms with Crippen LogP contribution in [0.4, 0.5) is 11.4 Å². The average Bonchev–Trinajstić information content (AvgIpc) is 3.47. The number of anilines is 2. The van der Waals surface area contributed by atoms with Crippen molar-refractivity contribution in [2.75, 3.05) is 17.2 Å². The Kier molecular flexibility index (Phi) is 9.21. The largest absolute Gasteiger partial charge is 0.494 e. The van der Waals surface area contributed by atoms with Gasteiger partial charge < -0.3 is 15.4 Å². The Balaban J connectivity index is 1.27. The van der Waals surface area contributed by atoms with Gasteiger partial charge >= 0.3 is 11.8 Å². The van der Waals surface area contributed by atoms with E-state index in [-0.39, 0.29) is 11.3 Å². The molecule has 1 heterocycles. The molecule has 0 radical (unpaired) electrons. The molecular weight excluding hydrogens is 556 g/mol. The topological polar surface area (TPSA) is 127 Å². The summed E-state index contributed by atoms with van der Waals surface area (Å²) in [5.74, 6) is -1.76. The first kappa shape index (κ1) is 29.5. The molecule has 0 aliphatic rings. The molecule has 5 aromatic rings. The fraction of sp³-hybridized carbons (Fsp3) is 0.0882. The van der Waals surface area contributed by atoms with Crippen LogP contribution in [0.15, 0.2) is 114 Å². The number of hydrogen-bond acceptors (Lipinski definition) is 6. The Morgan fingerprint density at radius 3 is 2.27 bits per heavy atom. The molecule has 0 aliphatic carbocycles. The van der Waals surface area contributed by atoms with Crippen molar-refractivity contribution in [2.45, 2.75) is 13.8 Å². The molecule has 0 saturated heterocycles. The van der Waals surface area contributed by atoms with Crippen molar-refractivity contribution < 1.29 is 19.1 Å². The molecule has 0 fully saturated rings. The van der Waals surface area contributed by atoms with Gasteiger partial charge in [0.1, 0.15) is 11.4 Å². The molecule has 44 heavy (non-hydrogen) atoms. The van der Waals surface area contributed by atoms with Gasteiger partial charge in [0.2, 0.25) is 0 Å². The predicted molar refractivity (Wildman–Crippen MR) is 170 cm³/mol. The van der Waals surface area contributed by atoms with Crippen molar-refractivity contribution in [1.82, 2.24) is 15.2 Å². The van der Waals surface area contributed by atoms with Crippen molar-refractivity contribution in [3.05, 3.63) is 126 Å². The highest BCUT2D eigenvalue weighted by Gasteiger charge is 2.18. The Bertz CT molecular complexity index is 1800. The van der Waals surface area contributed by atoms with Crippen LogP contribution in [0.3, 0.4) is 0 Å². The van der Waals surface area contributed by atoms with Gasteiger partial charge in [-0.25, -0.2) is 10.1 Å². The highest BCUT2D eigenvalue weighted by molar-refractivity contribution is 6.40. The Labute approximate surface area is 254 Å². The molecule has 10 nitrogen and oxygen atoms in total. The fourth-order valence-corrected chi connectivity index (χ4v) is 4.31. The maximum Gasteiger partial charge on any atom is 0.329 e. The minimum Gasteiger partial charge on any atom is -0.494 e. The van der Waals surface area contributed by atoms with E-state index in [1.165, 1.54) is 12.3 Å². The first-order valence-corrected chi connectivity index (χ1v) is 13.9. The lowest BCUT2D eigenvalue weighted by molar-refractivity contribution is -0.136. The Morgan fingerprint density at radius 2 is 1.55 bits per heavy atom. The third kappa shape index (κ3) is 7.24. The van der Waals surface area contributed by atoms with Crippen LogP contribution in [0.5, 0.6) is 5.75 Å². The van der Waals surface area contributed by atoms with Crippen LogP contribution >= 0.6 is 0 Å². The molecule has 1 aromatic heterocycles. The molecule has 4 aromatic carbocycles. The second kappa shape index (κ2) is 13.8. The molecule has 0 saturated carbocycles. The summed E-state index contributed by atoms with van der Waals surface area (Å²) in [4.78, 5) is 38.4.